The Bertz CT molecular complexity index is 453. The number of para-hydroxylation sites is 1. The van der Waals surface area contributed by atoms with Gasteiger partial charge in [0.05, 0.1) is 12.5 Å². The van der Waals surface area contributed by atoms with Crippen LogP contribution in [0.1, 0.15) is 25.3 Å². The van der Waals surface area contributed by atoms with Crippen LogP contribution in [0.4, 0.5) is 5.69 Å². The summed E-state index contributed by atoms with van der Waals surface area (Å²) in [6.07, 6.45) is 1.85. The maximum Gasteiger partial charge on any atom is 0.243 e. The highest BCUT2D eigenvalue weighted by Crippen LogP contribution is 2.25. The van der Waals surface area contributed by atoms with Gasteiger partial charge in [-0.15, -0.1) is 0 Å². The van der Waals surface area contributed by atoms with E-state index in [0.717, 1.165) is 12.1 Å². The quantitative estimate of drug-likeness (QED) is 0.848. The van der Waals surface area contributed by atoms with Gasteiger partial charge in [0.1, 0.15) is 6.04 Å². The van der Waals surface area contributed by atoms with Gasteiger partial charge in [0.2, 0.25) is 5.91 Å². The van der Waals surface area contributed by atoms with Crippen molar-refractivity contribution in [3.05, 3.63) is 29.8 Å². The van der Waals surface area contributed by atoms with Crippen molar-refractivity contribution in [3.63, 3.8) is 0 Å². The predicted molar refractivity (Wildman–Crippen MR) is 70.0 cm³/mol. The molecule has 1 aliphatic heterocycles. The van der Waals surface area contributed by atoms with Gasteiger partial charge in [0.15, 0.2) is 0 Å². The Morgan fingerprint density at radius 1 is 1.61 bits per heavy atom. The van der Waals surface area contributed by atoms with Gasteiger partial charge in [0.25, 0.3) is 0 Å². The van der Waals surface area contributed by atoms with Gasteiger partial charge in [-0.25, -0.2) is 0 Å². The second kappa shape index (κ2) is 5.54. The fourth-order valence-electron chi connectivity index (χ4n) is 2.17. The van der Waals surface area contributed by atoms with Crippen molar-refractivity contribution in [2.45, 2.75) is 38.3 Å². The van der Waals surface area contributed by atoms with Gasteiger partial charge >= 0.3 is 0 Å². The smallest absolute Gasteiger partial charge is 0.243 e. The SMILES string of the molecule is CCC(CC#N)NC(=O)[C@@H]1Cc2ccccc2N1. The standard InChI is InChI=1S/C14H17N3O/c1-2-11(7-8-15)16-14(18)13-9-10-5-3-4-6-12(10)17-13/h3-6,11,13,17H,2,7,9H2,1H3,(H,16,18)/t11?,13-/m0/s1. The van der Waals surface area contributed by atoms with Crippen LogP contribution in [0.3, 0.4) is 0 Å². The second-order valence-electron chi connectivity index (χ2n) is 4.53. The summed E-state index contributed by atoms with van der Waals surface area (Å²) in [5, 5.41) is 14.8. The van der Waals surface area contributed by atoms with Crippen LogP contribution >= 0.6 is 0 Å². The third-order valence-corrected chi connectivity index (χ3v) is 3.26. The number of benzene rings is 1. The van der Waals surface area contributed by atoms with Crippen LogP contribution in [0, 0.1) is 11.3 Å². The largest absolute Gasteiger partial charge is 0.373 e. The molecule has 1 unspecified atom stereocenters. The number of carbonyl (C=O) groups excluding carboxylic acids is 1. The molecule has 0 bridgehead atoms. The van der Waals surface area contributed by atoms with Crippen LogP contribution in [-0.4, -0.2) is 18.0 Å². The first-order valence-corrected chi connectivity index (χ1v) is 6.26. The van der Waals surface area contributed by atoms with Crippen molar-refractivity contribution >= 4 is 11.6 Å². The molecule has 0 radical (unpaired) electrons. The molecule has 1 amide bonds. The number of nitriles is 1. The van der Waals surface area contributed by atoms with Crippen LogP contribution in [0.25, 0.3) is 0 Å². The van der Waals surface area contributed by atoms with E-state index in [9.17, 15) is 4.79 Å². The highest BCUT2D eigenvalue weighted by molar-refractivity contribution is 5.87. The Hall–Kier alpha value is -2.02. The van der Waals surface area contributed by atoms with E-state index < -0.39 is 0 Å². The Morgan fingerprint density at radius 3 is 3.06 bits per heavy atom. The van der Waals surface area contributed by atoms with Gasteiger partial charge in [-0.05, 0) is 18.1 Å². The fourth-order valence-corrected chi connectivity index (χ4v) is 2.17. The molecule has 1 aromatic carbocycles. The molecule has 0 aromatic heterocycles. The zero-order valence-corrected chi connectivity index (χ0v) is 10.4. The van der Waals surface area contributed by atoms with Gasteiger partial charge in [0, 0.05) is 18.2 Å². The monoisotopic (exact) mass is 243 g/mol. The molecular weight excluding hydrogens is 226 g/mol. The first-order valence-electron chi connectivity index (χ1n) is 6.26. The lowest BCUT2D eigenvalue weighted by atomic mass is 10.1. The van der Waals surface area contributed by atoms with Crippen molar-refractivity contribution in [2.24, 2.45) is 0 Å². The van der Waals surface area contributed by atoms with Gasteiger partial charge in [-0.2, -0.15) is 5.26 Å². The van der Waals surface area contributed by atoms with E-state index in [-0.39, 0.29) is 18.0 Å². The topological polar surface area (TPSA) is 64.9 Å². The van der Waals surface area contributed by atoms with E-state index in [0.29, 0.717) is 12.8 Å². The van der Waals surface area contributed by atoms with Gasteiger partial charge in [-0.1, -0.05) is 25.1 Å². The summed E-state index contributed by atoms with van der Waals surface area (Å²) in [5.74, 6) is -0.0201. The summed E-state index contributed by atoms with van der Waals surface area (Å²) in [5.41, 5.74) is 2.21. The maximum atomic E-state index is 12.1. The highest BCUT2D eigenvalue weighted by atomic mass is 16.2. The molecule has 0 saturated heterocycles. The number of anilines is 1. The maximum absolute atomic E-state index is 12.1. The van der Waals surface area contributed by atoms with Crippen molar-refractivity contribution < 1.29 is 4.79 Å². The zero-order chi connectivity index (χ0) is 13.0. The van der Waals surface area contributed by atoms with Crippen molar-refractivity contribution in [1.82, 2.24) is 5.32 Å². The number of nitrogens with zero attached hydrogens (tertiary/aromatic N) is 1. The molecule has 0 saturated carbocycles. The number of nitrogens with one attached hydrogen (secondary N) is 2. The minimum absolute atomic E-state index is 0.0201. The van der Waals surface area contributed by atoms with Crippen molar-refractivity contribution in [2.75, 3.05) is 5.32 Å². The Morgan fingerprint density at radius 2 is 2.39 bits per heavy atom. The average Bonchev–Trinajstić information content (AvgIpc) is 2.82. The molecule has 1 aromatic rings. The highest BCUT2D eigenvalue weighted by Gasteiger charge is 2.27. The second-order valence-corrected chi connectivity index (χ2v) is 4.53. The van der Waals surface area contributed by atoms with E-state index in [1.807, 2.05) is 31.2 Å². The average molecular weight is 243 g/mol. The normalized spacial score (nSPS) is 18.3. The molecule has 2 atom stereocenters. The number of carbonyl (C=O) groups is 1. The van der Waals surface area contributed by atoms with E-state index in [1.165, 1.54) is 5.56 Å². The van der Waals surface area contributed by atoms with E-state index in [1.54, 1.807) is 0 Å². The van der Waals surface area contributed by atoms with Gasteiger partial charge in [-0.3, -0.25) is 4.79 Å². The molecule has 18 heavy (non-hydrogen) atoms. The lowest BCUT2D eigenvalue weighted by Gasteiger charge is -2.17. The molecule has 2 rings (SSSR count). The number of hydrogen-bond donors (Lipinski definition) is 2. The van der Waals surface area contributed by atoms with Crippen LogP contribution in [0.5, 0.6) is 0 Å². The molecule has 94 valence electrons. The lowest BCUT2D eigenvalue weighted by Crippen LogP contribution is -2.43. The summed E-state index contributed by atoms with van der Waals surface area (Å²) in [4.78, 5) is 12.1. The minimum Gasteiger partial charge on any atom is -0.373 e. The number of hydrogen-bond acceptors (Lipinski definition) is 3. The first kappa shape index (κ1) is 12.4. The number of rotatable bonds is 4. The number of amides is 1. The molecule has 0 aliphatic carbocycles. The molecule has 0 spiro atoms. The lowest BCUT2D eigenvalue weighted by molar-refractivity contribution is -0.122. The third kappa shape index (κ3) is 2.62. The molecule has 2 N–H and O–H groups in total. The minimum atomic E-state index is -0.213. The Balaban J connectivity index is 1.95. The zero-order valence-electron chi connectivity index (χ0n) is 10.4. The van der Waals surface area contributed by atoms with Crippen LogP contribution < -0.4 is 10.6 Å². The first-order chi connectivity index (χ1) is 8.74. The molecule has 1 aliphatic rings. The summed E-state index contributed by atoms with van der Waals surface area (Å²) in [6.45, 7) is 1.97. The fraction of sp³-hybridized carbons (Fsp3) is 0.429. The molecule has 4 heteroatoms. The van der Waals surface area contributed by atoms with Crippen molar-refractivity contribution in [3.8, 4) is 6.07 Å². The van der Waals surface area contributed by atoms with E-state index in [4.69, 9.17) is 5.26 Å². The Labute approximate surface area is 107 Å². The van der Waals surface area contributed by atoms with Gasteiger partial charge < -0.3 is 10.6 Å². The molecule has 4 nitrogen and oxygen atoms in total. The summed E-state index contributed by atoms with van der Waals surface area (Å²) in [6, 6.07) is 9.78. The van der Waals surface area contributed by atoms with Crippen LogP contribution in [0.15, 0.2) is 24.3 Å². The third-order valence-electron chi connectivity index (χ3n) is 3.26. The number of fused-ring (bicyclic) bond motifs is 1. The molecule has 1 heterocycles. The Kier molecular flexibility index (Phi) is 3.83. The van der Waals surface area contributed by atoms with Crippen molar-refractivity contribution in [1.29, 1.82) is 5.26 Å². The van der Waals surface area contributed by atoms with Crippen LogP contribution in [0.2, 0.25) is 0 Å². The summed E-state index contributed by atoms with van der Waals surface area (Å²) < 4.78 is 0. The van der Waals surface area contributed by atoms with E-state index in [2.05, 4.69) is 16.7 Å². The van der Waals surface area contributed by atoms with E-state index >= 15 is 0 Å². The predicted octanol–water partition coefficient (Wildman–Crippen LogP) is 1.83. The molecule has 0 fully saturated rings. The summed E-state index contributed by atoms with van der Waals surface area (Å²) in [7, 11) is 0. The molecular formula is C14H17N3O. The summed E-state index contributed by atoms with van der Waals surface area (Å²) >= 11 is 0. The van der Waals surface area contributed by atoms with Crippen LogP contribution in [-0.2, 0) is 11.2 Å².